The Balaban J connectivity index is 2.29. The van der Waals surface area contributed by atoms with Gasteiger partial charge in [0.25, 0.3) is 0 Å². The second-order valence-electron chi connectivity index (χ2n) is 4.54. The molecule has 2 aromatic carbocycles. The first-order chi connectivity index (χ1) is 9.11. The molecular weight excluding hydrogens is 263 g/mol. The number of hydrogen-bond donors (Lipinski definition) is 2. The van der Waals surface area contributed by atoms with Crippen molar-refractivity contribution in [2.75, 3.05) is 0 Å². The molecule has 1 atom stereocenters. The maximum Gasteiger partial charge on any atom is 0.127 e. The highest BCUT2D eigenvalue weighted by Crippen LogP contribution is 2.25. The van der Waals surface area contributed by atoms with E-state index < -0.39 is 0 Å². The smallest absolute Gasteiger partial charge is 0.127 e. The average molecular weight is 279 g/mol. The van der Waals surface area contributed by atoms with E-state index in [0.29, 0.717) is 17.0 Å². The molecule has 0 aliphatic carbocycles. The van der Waals surface area contributed by atoms with Crippen molar-refractivity contribution < 1.29 is 4.39 Å². The van der Waals surface area contributed by atoms with E-state index in [1.165, 1.54) is 6.07 Å². The van der Waals surface area contributed by atoms with Crippen LogP contribution in [0.1, 0.15) is 22.7 Å². The lowest BCUT2D eigenvalue weighted by molar-refractivity contribution is 0.529. The quantitative estimate of drug-likeness (QED) is 0.663. The largest absolute Gasteiger partial charge is 0.271 e. The molecule has 4 heteroatoms. The zero-order valence-corrected chi connectivity index (χ0v) is 11.4. The summed E-state index contributed by atoms with van der Waals surface area (Å²) in [6.07, 6.45) is 0.408. The number of nitrogens with one attached hydrogen (secondary N) is 1. The van der Waals surface area contributed by atoms with Gasteiger partial charge in [-0.25, -0.2) is 4.39 Å². The fraction of sp³-hybridized carbons (Fsp3) is 0.200. The first-order valence-corrected chi connectivity index (χ1v) is 6.45. The number of hydrazine groups is 1. The van der Waals surface area contributed by atoms with Gasteiger partial charge in [-0.05, 0) is 31.0 Å². The van der Waals surface area contributed by atoms with Gasteiger partial charge in [0.1, 0.15) is 5.82 Å². The molecule has 100 valence electrons. The minimum Gasteiger partial charge on any atom is -0.271 e. The van der Waals surface area contributed by atoms with Crippen molar-refractivity contribution in [1.29, 1.82) is 0 Å². The Hall–Kier alpha value is -1.42. The number of nitrogens with two attached hydrogens (primary N) is 1. The van der Waals surface area contributed by atoms with Crippen LogP contribution in [0.3, 0.4) is 0 Å². The summed E-state index contributed by atoms with van der Waals surface area (Å²) in [4.78, 5) is 0. The molecule has 0 radical (unpaired) electrons. The highest BCUT2D eigenvalue weighted by Gasteiger charge is 2.15. The Morgan fingerprint density at radius 3 is 2.63 bits per heavy atom. The van der Waals surface area contributed by atoms with Gasteiger partial charge in [0.2, 0.25) is 0 Å². The number of aryl methyl sites for hydroxylation is 1. The molecule has 2 rings (SSSR count). The number of halogens is 2. The molecular formula is C15H16ClFN2. The van der Waals surface area contributed by atoms with E-state index in [1.807, 2.05) is 31.2 Å². The van der Waals surface area contributed by atoms with E-state index >= 15 is 0 Å². The third-order valence-electron chi connectivity index (χ3n) is 3.12. The monoisotopic (exact) mass is 278 g/mol. The van der Waals surface area contributed by atoms with Gasteiger partial charge in [-0.2, -0.15) is 0 Å². The van der Waals surface area contributed by atoms with E-state index in [4.69, 9.17) is 17.4 Å². The van der Waals surface area contributed by atoms with Crippen molar-refractivity contribution in [3.05, 3.63) is 70.0 Å². The van der Waals surface area contributed by atoms with Crippen molar-refractivity contribution in [3.8, 4) is 0 Å². The van der Waals surface area contributed by atoms with E-state index in [9.17, 15) is 4.39 Å². The van der Waals surface area contributed by atoms with Gasteiger partial charge in [0.05, 0.1) is 6.04 Å². The van der Waals surface area contributed by atoms with E-state index in [2.05, 4.69) is 5.43 Å². The summed E-state index contributed by atoms with van der Waals surface area (Å²) >= 11 is 6.04. The van der Waals surface area contributed by atoms with Gasteiger partial charge in [-0.15, -0.1) is 0 Å². The molecule has 19 heavy (non-hydrogen) atoms. The number of hydrogen-bond acceptors (Lipinski definition) is 2. The zero-order valence-electron chi connectivity index (χ0n) is 10.7. The summed E-state index contributed by atoms with van der Waals surface area (Å²) in [5.41, 5.74) is 5.36. The molecule has 0 heterocycles. The van der Waals surface area contributed by atoms with Crippen LogP contribution in [0.2, 0.25) is 5.02 Å². The molecule has 0 saturated carbocycles. The fourth-order valence-electron chi connectivity index (χ4n) is 2.09. The van der Waals surface area contributed by atoms with Gasteiger partial charge in [-0.1, -0.05) is 47.5 Å². The molecule has 0 bridgehead atoms. The van der Waals surface area contributed by atoms with Gasteiger partial charge >= 0.3 is 0 Å². The molecule has 0 spiro atoms. The standard InChI is InChI=1S/C15H16ClFN2/c1-10-4-2-5-11(8-10)15(19-18)9-12-13(16)6-3-7-14(12)17/h2-8,15,19H,9,18H2,1H3. The minimum absolute atomic E-state index is 0.172. The Morgan fingerprint density at radius 2 is 2.00 bits per heavy atom. The molecule has 2 aromatic rings. The third-order valence-corrected chi connectivity index (χ3v) is 3.47. The molecule has 0 saturated heterocycles. The topological polar surface area (TPSA) is 38.0 Å². The van der Waals surface area contributed by atoms with Crippen LogP contribution in [0, 0.1) is 12.7 Å². The lowest BCUT2D eigenvalue weighted by Crippen LogP contribution is -2.30. The van der Waals surface area contributed by atoms with E-state index in [1.54, 1.807) is 12.1 Å². The second-order valence-corrected chi connectivity index (χ2v) is 4.94. The van der Waals surface area contributed by atoms with Gasteiger partial charge in [0.15, 0.2) is 0 Å². The van der Waals surface area contributed by atoms with Crippen molar-refractivity contribution in [3.63, 3.8) is 0 Å². The average Bonchev–Trinajstić information content (AvgIpc) is 2.38. The van der Waals surface area contributed by atoms with Crippen LogP contribution in [0.5, 0.6) is 0 Å². The predicted octanol–water partition coefficient (Wildman–Crippen LogP) is 3.53. The number of benzene rings is 2. The van der Waals surface area contributed by atoms with Gasteiger partial charge in [-0.3, -0.25) is 11.3 Å². The summed E-state index contributed by atoms with van der Waals surface area (Å²) < 4.78 is 13.8. The Bertz CT molecular complexity index is 552. The van der Waals surface area contributed by atoms with Crippen LogP contribution in [-0.2, 0) is 6.42 Å². The Kier molecular flexibility index (Phi) is 4.53. The number of rotatable bonds is 4. The Labute approximate surface area is 117 Å². The minimum atomic E-state index is -0.305. The van der Waals surface area contributed by atoms with Crippen LogP contribution in [0.15, 0.2) is 42.5 Å². The highest BCUT2D eigenvalue weighted by atomic mass is 35.5. The second kappa shape index (κ2) is 6.15. The predicted molar refractivity (Wildman–Crippen MR) is 76.4 cm³/mol. The van der Waals surface area contributed by atoms with Gasteiger partial charge in [0, 0.05) is 10.6 Å². The maximum absolute atomic E-state index is 13.8. The summed E-state index contributed by atoms with van der Waals surface area (Å²) in [5, 5.41) is 0.424. The fourth-order valence-corrected chi connectivity index (χ4v) is 2.33. The van der Waals surface area contributed by atoms with Crippen molar-refractivity contribution in [2.45, 2.75) is 19.4 Å². The molecule has 0 aromatic heterocycles. The first-order valence-electron chi connectivity index (χ1n) is 6.07. The van der Waals surface area contributed by atoms with Crippen molar-refractivity contribution in [2.24, 2.45) is 5.84 Å². The van der Waals surface area contributed by atoms with E-state index in [0.717, 1.165) is 11.1 Å². The van der Waals surface area contributed by atoms with Crippen molar-refractivity contribution in [1.82, 2.24) is 5.43 Å². The molecule has 2 nitrogen and oxygen atoms in total. The molecule has 1 unspecified atom stereocenters. The molecule has 3 N–H and O–H groups in total. The lowest BCUT2D eigenvalue weighted by atomic mass is 9.98. The molecule has 0 amide bonds. The summed E-state index contributed by atoms with van der Waals surface area (Å²) in [6.45, 7) is 2.01. The SMILES string of the molecule is Cc1cccc(C(Cc2c(F)cccc2Cl)NN)c1. The van der Waals surface area contributed by atoms with E-state index in [-0.39, 0.29) is 11.9 Å². The maximum atomic E-state index is 13.8. The first kappa shape index (κ1) is 14.0. The van der Waals surface area contributed by atoms with Gasteiger partial charge < -0.3 is 0 Å². The molecule has 0 aliphatic heterocycles. The third kappa shape index (κ3) is 3.32. The molecule has 0 aliphatic rings. The summed E-state index contributed by atoms with van der Waals surface area (Å²) in [5.74, 6) is 5.28. The van der Waals surface area contributed by atoms with Crippen molar-refractivity contribution >= 4 is 11.6 Å². The van der Waals surface area contributed by atoms with Crippen LogP contribution in [0.4, 0.5) is 4.39 Å². The van der Waals surface area contributed by atoms with Crippen LogP contribution in [-0.4, -0.2) is 0 Å². The van der Waals surface area contributed by atoms with Crippen LogP contribution >= 0.6 is 11.6 Å². The summed E-state index contributed by atoms with van der Waals surface area (Å²) in [7, 11) is 0. The highest BCUT2D eigenvalue weighted by molar-refractivity contribution is 6.31. The van der Waals surface area contributed by atoms with Crippen LogP contribution in [0.25, 0.3) is 0 Å². The zero-order chi connectivity index (χ0) is 13.8. The summed E-state index contributed by atoms with van der Waals surface area (Å²) in [6, 6.07) is 12.5. The van der Waals surface area contributed by atoms with Crippen LogP contribution < -0.4 is 11.3 Å². The Morgan fingerprint density at radius 1 is 1.26 bits per heavy atom. The lowest BCUT2D eigenvalue weighted by Gasteiger charge is -2.18. The molecule has 0 fully saturated rings. The normalized spacial score (nSPS) is 12.4.